The van der Waals surface area contributed by atoms with Crippen molar-refractivity contribution in [1.82, 2.24) is 39.4 Å². The molecule has 2 fully saturated rings. The van der Waals surface area contributed by atoms with Crippen LogP contribution in [0.1, 0.15) is 19.3 Å². The number of fused-ring (bicyclic) bond motifs is 2. The second-order valence-electron chi connectivity index (χ2n) is 9.81. The minimum atomic E-state index is -2.56. The first-order chi connectivity index (χ1) is 18.9. The van der Waals surface area contributed by atoms with Crippen molar-refractivity contribution >= 4 is 28.5 Å². The first-order valence-corrected chi connectivity index (χ1v) is 12.9. The molecule has 2 amide bonds. The van der Waals surface area contributed by atoms with E-state index in [-0.39, 0.29) is 24.4 Å². The van der Waals surface area contributed by atoms with Gasteiger partial charge < -0.3 is 19.9 Å². The van der Waals surface area contributed by atoms with E-state index in [9.17, 15) is 13.6 Å². The Hall–Kier alpha value is -4.10. The highest BCUT2D eigenvalue weighted by atomic mass is 19.3. The molecule has 4 aromatic rings. The van der Waals surface area contributed by atoms with Gasteiger partial charge in [0.2, 0.25) is 11.8 Å². The summed E-state index contributed by atoms with van der Waals surface area (Å²) in [5.41, 5.74) is 3.00. The molecule has 14 heteroatoms. The van der Waals surface area contributed by atoms with E-state index in [0.29, 0.717) is 29.5 Å². The zero-order valence-corrected chi connectivity index (χ0v) is 21.3. The van der Waals surface area contributed by atoms with Gasteiger partial charge in [0.1, 0.15) is 23.7 Å². The summed E-state index contributed by atoms with van der Waals surface area (Å²) >= 11 is 0. The van der Waals surface area contributed by atoms with Gasteiger partial charge in [-0.15, -0.1) is 10.2 Å². The Labute approximate surface area is 221 Å². The van der Waals surface area contributed by atoms with Gasteiger partial charge in [0.15, 0.2) is 0 Å². The molecule has 0 spiro atoms. The van der Waals surface area contributed by atoms with Crippen LogP contribution in [-0.2, 0) is 6.54 Å². The van der Waals surface area contributed by atoms with E-state index in [4.69, 9.17) is 4.74 Å². The fourth-order valence-corrected chi connectivity index (χ4v) is 5.34. The lowest BCUT2D eigenvalue weighted by atomic mass is 10.0. The van der Waals surface area contributed by atoms with E-state index in [0.717, 1.165) is 37.1 Å². The highest BCUT2D eigenvalue weighted by molar-refractivity contribution is 5.89. The van der Waals surface area contributed by atoms with Gasteiger partial charge in [-0.3, -0.25) is 0 Å². The molecule has 39 heavy (non-hydrogen) atoms. The molecule has 11 nitrogen and oxygen atoms in total. The number of benzene rings is 1. The first-order valence-electron chi connectivity index (χ1n) is 12.9. The second kappa shape index (κ2) is 10.2. The van der Waals surface area contributed by atoms with Crippen LogP contribution in [0.25, 0.3) is 27.7 Å². The Balaban J connectivity index is 1.23. The number of carbonyl (C=O) groups excluding carboxylic acids is 1. The number of methoxy groups -OCH3 is 1. The van der Waals surface area contributed by atoms with Crippen LogP contribution in [0.5, 0.6) is 5.88 Å². The number of anilines is 1. The number of alkyl halides is 3. The molecule has 1 N–H and O–H groups in total. The number of aromatic nitrogens is 6. The zero-order valence-electron chi connectivity index (χ0n) is 21.3. The van der Waals surface area contributed by atoms with Gasteiger partial charge in [-0.05, 0) is 43.0 Å². The van der Waals surface area contributed by atoms with Crippen molar-refractivity contribution < 1.29 is 22.7 Å². The Morgan fingerprint density at radius 1 is 1.18 bits per heavy atom. The molecule has 0 aliphatic carbocycles. The van der Waals surface area contributed by atoms with Gasteiger partial charge in [-0.1, -0.05) is 11.3 Å². The minimum Gasteiger partial charge on any atom is -0.479 e. The van der Waals surface area contributed by atoms with Crippen molar-refractivity contribution in [1.29, 1.82) is 0 Å². The fraction of sp³-hybridized carbons (Fsp3) is 0.480. The average molecular weight is 544 g/mol. The maximum absolute atomic E-state index is 15.1. The minimum absolute atomic E-state index is 0.0134. The number of ether oxygens (including phenoxy) is 1. The van der Waals surface area contributed by atoms with Crippen LogP contribution >= 0.6 is 0 Å². The van der Waals surface area contributed by atoms with Gasteiger partial charge >= 0.3 is 6.03 Å². The molecule has 5 heterocycles. The Kier molecular flexibility index (Phi) is 6.61. The Morgan fingerprint density at radius 2 is 2.00 bits per heavy atom. The number of halogens is 3. The standard InChI is InChI=1S/C25H28F3N9O2/c1-39-23-22-16(15-4-5-19-20(12-15)37(33-31-19)14-21(27)28)6-11-36(22)32-24(30-23)29-18-7-10-35(13-17(18)26)25(38)34-8-2-3-9-34/h4-6,11-12,17-18,21H,2-3,7-10,13-14H2,1H3,(H,29,32)/t17-,18+/m1/s1. The molecule has 3 aromatic heterocycles. The molecule has 0 bridgehead atoms. The summed E-state index contributed by atoms with van der Waals surface area (Å²) in [6, 6.07) is 6.43. The number of carbonyl (C=O) groups is 1. The molecule has 0 unspecified atom stereocenters. The molecule has 2 aliphatic rings. The number of amides is 2. The maximum atomic E-state index is 15.1. The molecule has 1 aromatic carbocycles. The molecule has 0 saturated carbocycles. The van der Waals surface area contributed by atoms with E-state index < -0.39 is 25.2 Å². The lowest BCUT2D eigenvalue weighted by molar-refractivity contribution is 0.114. The van der Waals surface area contributed by atoms with Crippen LogP contribution in [0, 0.1) is 0 Å². The molecule has 206 valence electrons. The van der Waals surface area contributed by atoms with Crippen molar-refractivity contribution in [2.75, 3.05) is 38.6 Å². The number of rotatable bonds is 6. The number of nitrogens with one attached hydrogen (secondary N) is 1. The molecule has 0 radical (unpaired) electrons. The van der Waals surface area contributed by atoms with E-state index in [2.05, 4.69) is 25.7 Å². The second-order valence-corrected chi connectivity index (χ2v) is 9.81. The van der Waals surface area contributed by atoms with Crippen LogP contribution in [-0.4, -0.2) is 97.4 Å². The molecular formula is C25H28F3N9O2. The van der Waals surface area contributed by atoms with Crippen molar-refractivity contribution in [3.8, 4) is 17.0 Å². The Bertz CT molecular complexity index is 1500. The van der Waals surface area contributed by atoms with E-state index in [1.54, 1.807) is 32.6 Å². The lowest BCUT2D eigenvalue weighted by Crippen LogP contribution is -2.53. The molecule has 6 rings (SSSR count). The molecule has 2 saturated heterocycles. The molecule has 2 atom stereocenters. The number of hydrogen-bond donors (Lipinski definition) is 1. The van der Waals surface area contributed by atoms with Crippen LogP contribution in [0.15, 0.2) is 30.5 Å². The van der Waals surface area contributed by atoms with Crippen molar-refractivity contribution in [2.45, 2.75) is 44.4 Å². The summed E-state index contributed by atoms with van der Waals surface area (Å²) in [5, 5.41) is 15.4. The topological polar surface area (TPSA) is 106 Å². The third-order valence-electron chi connectivity index (χ3n) is 7.31. The van der Waals surface area contributed by atoms with Crippen molar-refractivity contribution in [2.24, 2.45) is 0 Å². The normalized spacial score (nSPS) is 19.9. The summed E-state index contributed by atoms with van der Waals surface area (Å²) in [6.45, 7) is 1.35. The SMILES string of the molecule is COc1nc(N[C@H]2CCN(C(=O)N3CCCC3)C[C@H]2F)nn2ccc(-c3ccc4nnn(CC(F)F)c4c3)c12. The average Bonchev–Trinajstić information content (AvgIpc) is 3.69. The van der Waals surface area contributed by atoms with E-state index >= 15 is 4.39 Å². The zero-order chi connectivity index (χ0) is 27.1. The lowest BCUT2D eigenvalue weighted by Gasteiger charge is -2.36. The third kappa shape index (κ3) is 4.79. The summed E-state index contributed by atoms with van der Waals surface area (Å²) in [7, 11) is 1.48. The quantitative estimate of drug-likeness (QED) is 0.397. The van der Waals surface area contributed by atoms with E-state index in [1.807, 2.05) is 12.1 Å². The fourth-order valence-electron chi connectivity index (χ4n) is 5.34. The number of urea groups is 1. The highest BCUT2D eigenvalue weighted by Gasteiger charge is 2.34. The van der Waals surface area contributed by atoms with E-state index in [1.165, 1.54) is 11.8 Å². The molecular weight excluding hydrogens is 515 g/mol. The summed E-state index contributed by atoms with van der Waals surface area (Å²) in [6.07, 6.45) is 0.274. The first kappa shape index (κ1) is 25.2. The Morgan fingerprint density at radius 3 is 2.74 bits per heavy atom. The van der Waals surface area contributed by atoms with Crippen molar-refractivity contribution in [3.05, 3.63) is 30.5 Å². The summed E-state index contributed by atoms with van der Waals surface area (Å²) in [4.78, 5) is 20.5. The third-order valence-corrected chi connectivity index (χ3v) is 7.31. The van der Waals surface area contributed by atoms with Gasteiger partial charge in [0.05, 0.1) is 25.2 Å². The van der Waals surface area contributed by atoms with Gasteiger partial charge in [-0.25, -0.2) is 27.2 Å². The van der Waals surface area contributed by atoms with Gasteiger partial charge in [0, 0.05) is 31.4 Å². The van der Waals surface area contributed by atoms with Crippen LogP contribution < -0.4 is 10.1 Å². The van der Waals surface area contributed by atoms with Crippen LogP contribution in [0.3, 0.4) is 0 Å². The predicted octanol–water partition coefficient (Wildman–Crippen LogP) is 3.45. The smallest absolute Gasteiger partial charge is 0.320 e. The van der Waals surface area contributed by atoms with Crippen molar-refractivity contribution in [3.63, 3.8) is 0 Å². The summed E-state index contributed by atoms with van der Waals surface area (Å²) in [5.74, 6) is 0.465. The number of piperidine rings is 1. The number of nitrogens with zero attached hydrogens (tertiary/aromatic N) is 8. The highest BCUT2D eigenvalue weighted by Crippen LogP contribution is 2.33. The predicted molar refractivity (Wildman–Crippen MR) is 137 cm³/mol. The maximum Gasteiger partial charge on any atom is 0.320 e. The number of likely N-dealkylation sites (tertiary alicyclic amines) is 2. The number of hydrogen-bond acceptors (Lipinski definition) is 7. The monoisotopic (exact) mass is 543 g/mol. The van der Waals surface area contributed by atoms with Gasteiger partial charge in [0.25, 0.3) is 6.43 Å². The molecule has 2 aliphatic heterocycles. The van der Waals surface area contributed by atoms with Gasteiger partial charge in [-0.2, -0.15) is 4.98 Å². The van der Waals surface area contributed by atoms with Crippen LogP contribution in [0.4, 0.5) is 23.9 Å². The largest absolute Gasteiger partial charge is 0.479 e. The summed E-state index contributed by atoms with van der Waals surface area (Å²) < 4.78 is 49.4. The van der Waals surface area contributed by atoms with Crippen LogP contribution in [0.2, 0.25) is 0 Å².